The minimum absolute atomic E-state index is 0.143. The van der Waals surface area contributed by atoms with Crippen LogP contribution in [-0.2, 0) is 22.4 Å². The molecule has 0 spiro atoms. The Labute approximate surface area is 218 Å². The van der Waals surface area contributed by atoms with Crippen LogP contribution in [0.5, 0.6) is 5.88 Å². The molecule has 0 saturated carbocycles. The molecule has 0 radical (unpaired) electrons. The van der Waals surface area contributed by atoms with Gasteiger partial charge >= 0.3 is 12.1 Å². The molecule has 0 aliphatic rings. The zero-order valence-electron chi connectivity index (χ0n) is 20.2. The summed E-state index contributed by atoms with van der Waals surface area (Å²) in [4.78, 5) is 27.9. The molecule has 0 atom stereocenters. The summed E-state index contributed by atoms with van der Waals surface area (Å²) < 4.78 is 16.1. The first kappa shape index (κ1) is 25.7. The van der Waals surface area contributed by atoms with Crippen LogP contribution in [0, 0.1) is 6.92 Å². The molecule has 1 amide bonds. The summed E-state index contributed by atoms with van der Waals surface area (Å²) in [6.45, 7) is 1.83. The Hall–Kier alpha value is -4.37. The number of carbonyl (C=O) groups is 2. The Balaban J connectivity index is 1.54. The van der Waals surface area contributed by atoms with E-state index in [9.17, 15) is 9.59 Å². The molecule has 2 N–H and O–H groups in total. The van der Waals surface area contributed by atoms with Crippen LogP contribution < -0.4 is 10.1 Å². The van der Waals surface area contributed by atoms with Gasteiger partial charge in [0, 0.05) is 28.8 Å². The van der Waals surface area contributed by atoms with Crippen LogP contribution in [0.2, 0.25) is 5.02 Å². The number of aliphatic carboxylic acids is 1. The summed E-state index contributed by atoms with van der Waals surface area (Å²) in [5.41, 5.74) is 4.22. The second kappa shape index (κ2) is 11.6. The number of carboxylic acids is 1. The first-order valence-electron chi connectivity index (χ1n) is 11.3. The molecular weight excluding hydrogens is 498 g/mol. The number of halogens is 1. The molecule has 4 rings (SSSR count). The molecule has 0 saturated heterocycles. The van der Waals surface area contributed by atoms with Crippen molar-refractivity contribution in [2.45, 2.75) is 19.8 Å². The second-order valence-electron chi connectivity index (χ2n) is 8.12. The van der Waals surface area contributed by atoms with Gasteiger partial charge in [0.15, 0.2) is 5.76 Å². The maximum atomic E-state index is 12.5. The maximum Gasteiger partial charge on any atom is 0.411 e. The number of aromatic nitrogens is 2. The highest BCUT2D eigenvalue weighted by Gasteiger charge is 2.19. The molecule has 2 heterocycles. The number of rotatable bonds is 9. The number of ether oxygens (including phenoxy) is 2. The van der Waals surface area contributed by atoms with Gasteiger partial charge in [0.1, 0.15) is 11.4 Å². The van der Waals surface area contributed by atoms with Crippen molar-refractivity contribution in [1.29, 1.82) is 0 Å². The quantitative estimate of drug-likeness (QED) is 0.283. The molecule has 0 fully saturated rings. The largest absolute Gasteiger partial charge is 0.481 e. The van der Waals surface area contributed by atoms with E-state index in [0.717, 1.165) is 11.1 Å². The number of hydrogen-bond acceptors (Lipinski definition) is 7. The van der Waals surface area contributed by atoms with E-state index in [-0.39, 0.29) is 13.0 Å². The van der Waals surface area contributed by atoms with Crippen LogP contribution in [0.1, 0.15) is 16.9 Å². The predicted octanol–water partition coefficient (Wildman–Crippen LogP) is 5.79. The van der Waals surface area contributed by atoms with E-state index in [1.807, 2.05) is 42.5 Å². The summed E-state index contributed by atoms with van der Waals surface area (Å²) in [7, 11) is 1.49. The number of methoxy groups -OCH3 is 1. The van der Waals surface area contributed by atoms with Gasteiger partial charge in [0.25, 0.3) is 0 Å². The Kier molecular flexibility index (Phi) is 8.05. The van der Waals surface area contributed by atoms with E-state index in [4.69, 9.17) is 30.7 Å². The van der Waals surface area contributed by atoms with Crippen molar-refractivity contribution in [2.75, 3.05) is 19.0 Å². The SMILES string of the molecule is COc1ncc(CC(=O)O)cc1-c1cccc(-c2noc(C)c2NC(=O)OCCc2ccccc2Cl)c1. The number of carboxylic acid groups (broad SMARTS) is 1. The van der Waals surface area contributed by atoms with Crippen LogP contribution in [0.3, 0.4) is 0 Å². The van der Waals surface area contributed by atoms with Crippen molar-refractivity contribution >= 4 is 29.4 Å². The zero-order chi connectivity index (χ0) is 26.4. The third-order valence-electron chi connectivity index (χ3n) is 5.56. The number of pyridine rings is 1. The lowest BCUT2D eigenvalue weighted by Crippen LogP contribution is -2.16. The first-order chi connectivity index (χ1) is 17.9. The average Bonchev–Trinajstić information content (AvgIpc) is 3.24. The molecule has 37 heavy (non-hydrogen) atoms. The van der Waals surface area contributed by atoms with Gasteiger partial charge in [-0.3, -0.25) is 10.1 Å². The Bertz CT molecular complexity index is 1440. The molecule has 0 aliphatic heterocycles. The lowest BCUT2D eigenvalue weighted by atomic mass is 10.00. The van der Waals surface area contributed by atoms with Crippen molar-refractivity contribution in [3.05, 3.63) is 82.7 Å². The Morgan fingerprint density at radius 3 is 2.65 bits per heavy atom. The molecule has 2 aromatic carbocycles. The van der Waals surface area contributed by atoms with Gasteiger partial charge < -0.3 is 19.1 Å². The molecule has 0 bridgehead atoms. The van der Waals surface area contributed by atoms with Gasteiger partial charge in [-0.05, 0) is 41.8 Å². The molecular formula is C27H24ClN3O6. The number of hydrogen-bond donors (Lipinski definition) is 2. The van der Waals surface area contributed by atoms with Crippen molar-refractivity contribution in [2.24, 2.45) is 0 Å². The van der Waals surface area contributed by atoms with E-state index < -0.39 is 12.1 Å². The smallest absolute Gasteiger partial charge is 0.411 e. The van der Waals surface area contributed by atoms with Crippen LogP contribution in [0.15, 0.2) is 65.3 Å². The van der Waals surface area contributed by atoms with E-state index in [2.05, 4.69) is 15.5 Å². The van der Waals surface area contributed by atoms with Crippen LogP contribution in [-0.4, -0.2) is 41.0 Å². The Morgan fingerprint density at radius 1 is 1.11 bits per heavy atom. The fraction of sp³-hybridized carbons (Fsp3) is 0.185. The lowest BCUT2D eigenvalue weighted by molar-refractivity contribution is -0.136. The minimum Gasteiger partial charge on any atom is -0.481 e. The van der Waals surface area contributed by atoms with E-state index >= 15 is 0 Å². The van der Waals surface area contributed by atoms with Crippen molar-refractivity contribution < 1.29 is 28.7 Å². The number of anilines is 1. The van der Waals surface area contributed by atoms with E-state index in [1.165, 1.54) is 13.3 Å². The highest BCUT2D eigenvalue weighted by Crippen LogP contribution is 2.35. The zero-order valence-corrected chi connectivity index (χ0v) is 20.9. The summed E-state index contributed by atoms with van der Waals surface area (Å²) in [5, 5.41) is 16.6. The van der Waals surface area contributed by atoms with Gasteiger partial charge in [-0.25, -0.2) is 9.78 Å². The summed E-state index contributed by atoms with van der Waals surface area (Å²) in [6.07, 6.45) is 1.13. The number of aryl methyl sites for hydroxylation is 1. The monoisotopic (exact) mass is 521 g/mol. The second-order valence-corrected chi connectivity index (χ2v) is 8.52. The summed E-state index contributed by atoms with van der Waals surface area (Å²) in [5.74, 6) is -0.201. The Morgan fingerprint density at radius 2 is 1.89 bits per heavy atom. The van der Waals surface area contributed by atoms with Crippen molar-refractivity contribution in [3.8, 4) is 28.3 Å². The number of carbonyl (C=O) groups excluding carboxylic acids is 1. The van der Waals surface area contributed by atoms with Crippen molar-refractivity contribution in [1.82, 2.24) is 10.1 Å². The van der Waals surface area contributed by atoms with Gasteiger partial charge in [-0.1, -0.05) is 53.2 Å². The van der Waals surface area contributed by atoms with Crippen LogP contribution in [0.25, 0.3) is 22.4 Å². The molecule has 2 aromatic heterocycles. The fourth-order valence-electron chi connectivity index (χ4n) is 3.78. The van der Waals surface area contributed by atoms with Gasteiger partial charge in [-0.15, -0.1) is 0 Å². The molecule has 0 unspecified atom stereocenters. The normalized spacial score (nSPS) is 10.7. The van der Waals surface area contributed by atoms with Crippen molar-refractivity contribution in [3.63, 3.8) is 0 Å². The summed E-state index contributed by atoms with van der Waals surface area (Å²) >= 11 is 6.16. The number of amides is 1. The van der Waals surface area contributed by atoms with Gasteiger partial charge in [0.05, 0.1) is 20.1 Å². The number of nitrogens with zero attached hydrogens (tertiary/aromatic N) is 2. The predicted molar refractivity (Wildman–Crippen MR) is 138 cm³/mol. The first-order valence-corrected chi connectivity index (χ1v) is 11.7. The van der Waals surface area contributed by atoms with Crippen LogP contribution in [0.4, 0.5) is 10.5 Å². The highest BCUT2D eigenvalue weighted by molar-refractivity contribution is 6.31. The van der Waals surface area contributed by atoms with E-state index in [1.54, 1.807) is 19.1 Å². The molecule has 9 nitrogen and oxygen atoms in total. The molecule has 10 heteroatoms. The number of benzene rings is 2. The third kappa shape index (κ3) is 6.25. The molecule has 190 valence electrons. The molecule has 0 aliphatic carbocycles. The average molecular weight is 522 g/mol. The summed E-state index contributed by atoms with van der Waals surface area (Å²) in [6, 6.07) is 16.4. The number of nitrogens with one attached hydrogen (secondary N) is 1. The topological polar surface area (TPSA) is 124 Å². The van der Waals surface area contributed by atoms with E-state index in [0.29, 0.717) is 51.2 Å². The van der Waals surface area contributed by atoms with Crippen LogP contribution >= 0.6 is 11.6 Å². The van der Waals surface area contributed by atoms with Gasteiger partial charge in [0.2, 0.25) is 5.88 Å². The highest BCUT2D eigenvalue weighted by atomic mass is 35.5. The maximum absolute atomic E-state index is 12.5. The minimum atomic E-state index is -0.959. The molecule has 4 aromatic rings. The van der Waals surface area contributed by atoms with Gasteiger partial charge in [-0.2, -0.15) is 0 Å². The standard InChI is InChI=1S/C27H24ClN3O6/c1-16-24(30-27(34)36-11-10-18-6-3-4-9-22(18)28)25(31-37-16)20-8-5-7-19(14-20)21-12-17(13-23(32)33)15-29-26(21)35-2/h3-9,12,14-15H,10-11,13H2,1-2H3,(H,30,34)(H,32,33). The fourth-order valence-corrected chi connectivity index (χ4v) is 4.01. The third-order valence-corrected chi connectivity index (χ3v) is 5.92. The lowest BCUT2D eigenvalue weighted by Gasteiger charge is -2.11.